The molecule has 1 aromatic heterocycles. The van der Waals surface area contributed by atoms with Crippen LogP contribution < -0.4 is 4.74 Å². The summed E-state index contributed by atoms with van der Waals surface area (Å²) in [5, 5.41) is 13.1. The highest BCUT2D eigenvalue weighted by Gasteiger charge is 2.35. The maximum absolute atomic E-state index is 9.81. The van der Waals surface area contributed by atoms with Crippen LogP contribution in [0.1, 0.15) is 30.5 Å². The summed E-state index contributed by atoms with van der Waals surface area (Å²) >= 11 is 0. The Labute approximate surface area is 326 Å². The molecule has 0 amide bonds. The van der Waals surface area contributed by atoms with Crippen molar-refractivity contribution in [2.75, 3.05) is 0 Å². The van der Waals surface area contributed by atoms with Crippen molar-refractivity contribution in [1.82, 2.24) is 9.97 Å². The summed E-state index contributed by atoms with van der Waals surface area (Å²) in [6.07, 6.45) is 0. The monoisotopic (exact) mass is 717 g/mol. The van der Waals surface area contributed by atoms with Crippen molar-refractivity contribution < 1.29 is 4.74 Å². The van der Waals surface area contributed by atoms with Gasteiger partial charge in [-0.15, -0.1) is 0 Å². The van der Waals surface area contributed by atoms with Crippen LogP contribution in [0.25, 0.3) is 77.7 Å². The van der Waals surface area contributed by atoms with E-state index in [2.05, 4.69) is 166 Å². The van der Waals surface area contributed by atoms with Crippen molar-refractivity contribution in [1.29, 1.82) is 5.26 Å². The average molecular weight is 718 g/mol. The number of ether oxygens (including phenoxy) is 1. The van der Waals surface area contributed by atoms with E-state index < -0.39 is 0 Å². The van der Waals surface area contributed by atoms with Crippen molar-refractivity contribution in [3.8, 4) is 73.6 Å². The van der Waals surface area contributed by atoms with Crippen molar-refractivity contribution in [2.45, 2.75) is 19.3 Å². The lowest BCUT2D eigenvalue weighted by molar-refractivity contribution is 0.417. The first kappa shape index (κ1) is 33.2. The maximum Gasteiger partial charge on any atom is 0.161 e. The predicted molar refractivity (Wildman–Crippen MR) is 228 cm³/mol. The number of hydrogen-bond donors (Lipinski definition) is 0. The molecule has 264 valence electrons. The second-order valence-electron chi connectivity index (χ2n) is 14.9. The topological polar surface area (TPSA) is 58.8 Å². The molecule has 8 aromatic carbocycles. The Balaban J connectivity index is 1.00. The van der Waals surface area contributed by atoms with Crippen LogP contribution in [0.4, 0.5) is 0 Å². The summed E-state index contributed by atoms with van der Waals surface area (Å²) in [6.45, 7) is 4.38. The quantitative estimate of drug-likeness (QED) is 0.178. The fraction of sp³-hybridized carbons (Fsp3) is 0.0577. The van der Waals surface area contributed by atoms with Gasteiger partial charge in [0.2, 0.25) is 0 Å². The maximum atomic E-state index is 9.81. The van der Waals surface area contributed by atoms with E-state index in [9.17, 15) is 5.26 Å². The number of hydrogen-bond acceptors (Lipinski definition) is 4. The Bertz CT molecular complexity index is 3030. The van der Waals surface area contributed by atoms with Crippen molar-refractivity contribution in [3.63, 3.8) is 0 Å². The first-order valence-electron chi connectivity index (χ1n) is 18.9. The van der Waals surface area contributed by atoms with E-state index in [-0.39, 0.29) is 5.41 Å². The van der Waals surface area contributed by atoms with Crippen molar-refractivity contribution in [3.05, 3.63) is 193 Å². The van der Waals surface area contributed by atoms with E-state index >= 15 is 0 Å². The van der Waals surface area contributed by atoms with Gasteiger partial charge in [0.1, 0.15) is 17.6 Å². The highest BCUT2D eigenvalue weighted by atomic mass is 16.5. The van der Waals surface area contributed by atoms with Gasteiger partial charge in [-0.05, 0) is 74.5 Å². The third-order valence-corrected chi connectivity index (χ3v) is 11.2. The van der Waals surface area contributed by atoms with Crippen LogP contribution in [0.2, 0.25) is 0 Å². The fourth-order valence-corrected chi connectivity index (χ4v) is 8.26. The van der Waals surface area contributed by atoms with E-state index in [1.54, 1.807) is 0 Å². The standard InChI is InChI=1S/C52H35N3O/c1-52(2)45-29-26-38(31-48(45)56-50-39(32-53)16-11-20-46(50)52)37-15-10-14-36(30-37)33-22-24-35(25-23-33)49-44-19-8-9-21-47(44)54-51(55-49)43-28-27-40(34-12-4-3-5-13-34)41-17-6-7-18-42(41)43/h3-31H,1-2H3. The van der Waals surface area contributed by atoms with Gasteiger partial charge in [-0.2, -0.15) is 5.26 Å². The Morgan fingerprint density at radius 2 is 1.09 bits per heavy atom. The van der Waals surface area contributed by atoms with Crippen molar-refractivity contribution in [2.24, 2.45) is 0 Å². The molecule has 9 aromatic rings. The summed E-state index contributed by atoms with van der Waals surface area (Å²) in [6, 6.07) is 63.5. The van der Waals surface area contributed by atoms with Gasteiger partial charge in [0.15, 0.2) is 5.82 Å². The lowest BCUT2D eigenvalue weighted by Crippen LogP contribution is -2.24. The van der Waals surface area contributed by atoms with Gasteiger partial charge in [0.25, 0.3) is 0 Å². The minimum atomic E-state index is -0.297. The first-order chi connectivity index (χ1) is 27.5. The van der Waals surface area contributed by atoms with E-state index in [1.165, 1.54) is 16.5 Å². The summed E-state index contributed by atoms with van der Waals surface area (Å²) in [4.78, 5) is 10.4. The second kappa shape index (κ2) is 13.2. The van der Waals surface area contributed by atoms with Crippen LogP contribution in [0.15, 0.2) is 176 Å². The molecule has 10 rings (SSSR count). The molecular weight excluding hydrogens is 683 g/mol. The molecule has 1 aliphatic heterocycles. The molecule has 2 heterocycles. The van der Waals surface area contributed by atoms with Gasteiger partial charge < -0.3 is 4.74 Å². The SMILES string of the molecule is CC1(C)c2ccc(-c3cccc(-c4ccc(-c5nc(-c6ccc(-c7ccccc7)c7ccccc67)nc6ccccc56)cc4)c3)cc2Oc2c(C#N)cccc21. The number of aromatic nitrogens is 2. The van der Waals surface area contributed by atoms with E-state index in [1.807, 2.05) is 30.3 Å². The van der Waals surface area contributed by atoms with E-state index in [4.69, 9.17) is 14.7 Å². The van der Waals surface area contributed by atoms with Crippen LogP contribution in [0, 0.1) is 11.3 Å². The average Bonchev–Trinajstić information content (AvgIpc) is 3.25. The first-order valence-corrected chi connectivity index (χ1v) is 18.9. The molecule has 1 aliphatic rings. The summed E-state index contributed by atoms with van der Waals surface area (Å²) in [5.74, 6) is 2.14. The van der Waals surface area contributed by atoms with Crippen molar-refractivity contribution >= 4 is 21.7 Å². The van der Waals surface area contributed by atoms with Gasteiger partial charge in [-0.25, -0.2) is 9.97 Å². The number of rotatable bonds is 5. The fourth-order valence-electron chi connectivity index (χ4n) is 8.26. The Morgan fingerprint density at radius 1 is 0.482 bits per heavy atom. The third kappa shape index (κ3) is 5.52. The number of para-hydroxylation sites is 2. The van der Waals surface area contributed by atoms with Crippen LogP contribution >= 0.6 is 0 Å². The van der Waals surface area contributed by atoms with Crippen LogP contribution in [0.3, 0.4) is 0 Å². The van der Waals surface area contributed by atoms with Crippen LogP contribution in [-0.2, 0) is 5.41 Å². The van der Waals surface area contributed by atoms with E-state index in [0.29, 0.717) is 17.1 Å². The minimum absolute atomic E-state index is 0.297. The predicted octanol–water partition coefficient (Wildman–Crippen LogP) is 13.4. The molecule has 0 spiro atoms. The van der Waals surface area contributed by atoms with Gasteiger partial charge in [0.05, 0.1) is 16.8 Å². The molecule has 0 atom stereocenters. The zero-order chi connectivity index (χ0) is 37.8. The molecular formula is C52H35N3O. The van der Waals surface area contributed by atoms with Gasteiger partial charge in [-0.1, -0.05) is 159 Å². The normalized spacial score (nSPS) is 12.7. The molecule has 0 fully saturated rings. The molecule has 0 radical (unpaired) electrons. The summed E-state index contributed by atoms with van der Waals surface area (Å²) in [7, 11) is 0. The van der Waals surface area contributed by atoms with Gasteiger partial charge >= 0.3 is 0 Å². The molecule has 56 heavy (non-hydrogen) atoms. The number of benzene rings is 8. The zero-order valence-electron chi connectivity index (χ0n) is 31.0. The largest absolute Gasteiger partial charge is 0.455 e. The minimum Gasteiger partial charge on any atom is -0.455 e. The Morgan fingerprint density at radius 3 is 1.88 bits per heavy atom. The highest BCUT2D eigenvalue weighted by Crippen LogP contribution is 2.50. The van der Waals surface area contributed by atoms with Gasteiger partial charge in [0, 0.05) is 33.1 Å². The van der Waals surface area contributed by atoms with Crippen LogP contribution in [-0.4, -0.2) is 9.97 Å². The van der Waals surface area contributed by atoms with Crippen LogP contribution in [0.5, 0.6) is 11.5 Å². The lowest BCUT2D eigenvalue weighted by atomic mass is 9.75. The molecule has 0 saturated heterocycles. The summed E-state index contributed by atoms with van der Waals surface area (Å²) < 4.78 is 6.45. The highest BCUT2D eigenvalue weighted by molar-refractivity contribution is 6.05. The molecule has 0 N–H and O–H groups in total. The Hall–Kier alpha value is -7.35. The zero-order valence-corrected chi connectivity index (χ0v) is 31.0. The lowest BCUT2D eigenvalue weighted by Gasteiger charge is -2.35. The smallest absolute Gasteiger partial charge is 0.161 e. The summed E-state index contributed by atoms with van der Waals surface area (Å²) in [5.41, 5.74) is 13.0. The molecule has 4 nitrogen and oxygen atoms in total. The third-order valence-electron chi connectivity index (χ3n) is 11.2. The number of fused-ring (bicyclic) bond motifs is 4. The van der Waals surface area contributed by atoms with Gasteiger partial charge in [-0.3, -0.25) is 0 Å². The van der Waals surface area contributed by atoms with E-state index in [0.717, 1.165) is 72.2 Å². The molecule has 4 heteroatoms. The molecule has 0 bridgehead atoms. The molecule has 0 saturated carbocycles. The number of nitriles is 1. The second-order valence-corrected chi connectivity index (χ2v) is 14.9. The number of nitrogens with zero attached hydrogens (tertiary/aromatic N) is 3. The molecule has 0 unspecified atom stereocenters. The molecule has 0 aliphatic carbocycles. The Kier molecular flexibility index (Phi) is 7.83.